The first-order valence-electron chi connectivity index (χ1n) is 21.9. The number of ether oxygens (including phenoxy) is 1. The molecule has 10 rings (SSSR count). The highest BCUT2D eigenvalue weighted by Crippen LogP contribution is 2.43. The Hall–Kier alpha value is -7.88. The maximum absolute atomic E-state index is 14.8. The molecule has 2 unspecified atom stereocenters. The Morgan fingerprint density at radius 3 is 1.90 bits per heavy atom. The number of nitrogens with one attached hydrogen (secondary N) is 2. The summed E-state index contributed by atoms with van der Waals surface area (Å²) in [6.07, 6.45) is -0.840. The number of aromatic nitrogens is 1. The number of hydrogen-bond donors (Lipinski definition) is 3. The minimum Gasteiger partial charge on any atom is -0.508 e. The number of β-lactam (4-membered cyclic amide) rings is 1. The van der Waals surface area contributed by atoms with Crippen molar-refractivity contribution in [3.8, 4) is 5.75 Å². The molecule has 2 amide bonds. The summed E-state index contributed by atoms with van der Waals surface area (Å²) in [5, 5.41) is 21.8. The van der Waals surface area contributed by atoms with Gasteiger partial charge in [0.25, 0.3) is 11.8 Å². The van der Waals surface area contributed by atoms with Crippen LogP contribution in [0.2, 0.25) is 0 Å². The van der Waals surface area contributed by atoms with Gasteiger partial charge in [0.05, 0.1) is 22.2 Å². The number of amides is 2. The van der Waals surface area contributed by atoms with E-state index >= 15 is 0 Å². The zero-order valence-corrected chi connectivity index (χ0v) is 38.2. The van der Waals surface area contributed by atoms with Crippen LogP contribution in [0.3, 0.4) is 0 Å². The van der Waals surface area contributed by atoms with E-state index in [9.17, 15) is 23.7 Å². The van der Waals surface area contributed by atoms with E-state index in [0.29, 0.717) is 35.0 Å². The topological polar surface area (TPSA) is 163 Å². The van der Waals surface area contributed by atoms with Gasteiger partial charge in [-0.3, -0.25) is 18.7 Å². The van der Waals surface area contributed by atoms with Crippen LogP contribution in [-0.4, -0.2) is 71.9 Å². The smallest absolute Gasteiger partial charge is 0.357 e. The van der Waals surface area contributed by atoms with Crippen LogP contribution >= 0.6 is 11.3 Å². The number of nitrogens with zero attached hydrogens (tertiary/aromatic N) is 4. The minimum atomic E-state index is -1.80. The lowest BCUT2D eigenvalue weighted by Crippen LogP contribution is -2.74. The van der Waals surface area contributed by atoms with E-state index in [2.05, 4.69) is 15.8 Å². The van der Waals surface area contributed by atoms with Crippen molar-refractivity contribution >= 4 is 50.8 Å². The van der Waals surface area contributed by atoms with Gasteiger partial charge in [-0.25, -0.2) is 9.78 Å². The summed E-state index contributed by atoms with van der Waals surface area (Å²) in [6, 6.07) is 52.4. The van der Waals surface area contributed by atoms with Gasteiger partial charge in [-0.1, -0.05) is 163 Å². The summed E-state index contributed by atoms with van der Waals surface area (Å²) in [5.74, 6) is -2.25. The zero-order valence-electron chi connectivity index (χ0n) is 36.6. The number of oxime groups is 1. The molecule has 0 radical (unpaired) electrons. The molecule has 1 saturated heterocycles. The molecule has 3 atom stereocenters. The molecule has 340 valence electrons. The third-order valence-electron chi connectivity index (χ3n) is 12.4. The Labute approximate surface area is 398 Å². The van der Waals surface area contributed by atoms with E-state index in [1.807, 2.05) is 157 Å². The molecular formula is C53H44N6O7S2. The fourth-order valence-electron chi connectivity index (χ4n) is 9.19. The van der Waals surface area contributed by atoms with Crippen molar-refractivity contribution in [2.75, 3.05) is 18.2 Å². The average Bonchev–Trinajstić information content (AvgIpc) is 4.03. The molecule has 6 aromatic carbocycles. The summed E-state index contributed by atoms with van der Waals surface area (Å²) < 4.78 is 20.8. The van der Waals surface area contributed by atoms with E-state index in [0.717, 1.165) is 27.8 Å². The first-order chi connectivity index (χ1) is 33.2. The number of carbonyl (C=O) groups is 3. The predicted octanol–water partition coefficient (Wildman–Crippen LogP) is 7.58. The summed E-state index contributed by atoms with van der Waals surface area (Å²) in [5.41, 5.74) is 5.40. The summed E-state index contributed by atoms with van der Waals surface area (Å²) in [7, 11) is -0.495. The summed E-state index contributed by atoms with van der Waals surface area (Å²) in [4.78, 5) is 56.8. The molecule has 0 spiro atoms. The van der Waals surface area contributed by atoms with Gasteiger partial charge in [0, 0.05) is 18.5 Å². The molecule has 1 fully saturated rings. The largest absolute Gasteiger partial charge is 0.508 e. The van der Waals surface area contributed by atoms with Crippen LogP contribution < -0.4 is 10.6 Å². The molecule has 7 aromatic rings. The number of hydrogen-bond acceptors (Lipinski definition) is 12. The first kappa shape index (κ1) is 44.0. The molecule has 0 aliphatic carbocycles. The summed E-state index contributed by atoms with van der Waals surface area (Å²) >= 11 is 1.26. The number of fused-ring (bicyclic) bond motifs is 2. The molecular weight excluding hydrogens is 897 g/mol. The third-order valence-corrected chi connectivity index (χ3v) is 14.7. The molecule has 3 aliphatic heterocycles. The van der Waals surface area contributed by atoms with Gasteiger partial charge in [-0.05, 0) is 51.1 Å². The van der Waals surface area contributed by atoms with Crippen LogP contribution in [0, 0.1) is 0 Å². The molecule has 68 heavy (non-hydrogen) atoms. The lowest BCUT2D eigenvalue weighted by molar-refractivity contribution is -0.154. The Kier molecular flexibility index (Phi) is 12.1. The van der Waals surface area contributed by atoms with Crippen molar-refractivity contribution in [3.63, 3.8) is 0 Å². The standard InChI is InChI=1S/C53H44N6O7S2/c1-65-57-44(42-32-67-52(54-42)56-53(38-21-11-4-12-22-38,39-23-13-5-14-24-39)40-25-15-6-16-26-40)48(61)55-45-49(62)59-46(51(63)66-47(34-17-7-2-8-18-34)35-19-9-3-10-20-35)43(33-68(64)50(45)59)58-30-36-27-28-41(60)29-37(36)31-58/h2-29,32,45,47,50,60H,30-31,33H2,1H3,(H,54,56)(H,55,61)/b57-44+/t45?,50-,68?/m1/s1. The maximum Gasteiger partial charge on any atom is 0.357 e. The number of anilines is 1. The molecule has 3 aliphatic rings. The van der Waals surface area contributed by atoms with Gasteiger partial charge >= 0.3 is 5.97 Å². The summed E-state index contributed by atoms with van der Waals surface area (Å²) in [6.45, 7) is 0.641. The molecule has 13 nitrogen and oxygen atoms in total. The minimum absolute atomic E-state index is 0.0567. The third kappa shape index (κ3) is 8.19. The van der Waals surface area contributed by atoms with Crippen LogP contribution in [0.25, 0.3) is 0 Å². The number of carbonyl (C=O) groups excluding carboxylic acids is 3. The Balaban J connectivity index is 0.951. The molecule has 4 heterocycles. The highest BCUT2D eigenvalue weighted by molar-refractivity contribution is 7.86. The van der Waals surface area contributed by atoms with Crippen LogP contribution in [0.15, 0.2) is 192 Å². The van der Waals surface area contributed by atoms with E-state index in [4.69, 9.17) is 14.6 Å². The van der Waals surface area contributed by atoms with Crippen LogP contribution in [0.1, 0.15) is 50.7 Å². The fourth-order valence-corrected chi connectivity index (χ4v) is 11.6. The number of phenols is 1. The fraction of sp³-hybridized carbons (Fsp3) is 0.151. The molecule has 15 heteroatoms. The van der Waals surface area contributed by atoms with Crippen molar-refractivity contribution in [1.29, 1.82) is 0 Å². The van der Waals surface area contributed by atoms with E-state index in [1.165, 1.54) is 23.3 Å². The second-order valence-electron chi connectivity index (χ2n) is 16.4. The van der Waals surface area contributed by atoms with Crippen molar-refractivity contribution in [2.24, 2.45) is 5.16 Å². The highest BCUT2D eigenvalue weighted by atomic mass is 32.2. The van der Waals surface area contributed by atoms with Gasteiger partial charge < -0.3 is 30.2 Å². The number of phenolic OH excluding ortho intramolecular Hbond substituents is 1. The van der Waals surface area contributed by atoms with Crippen LogP contribution in [-0.2, 0) is 53.4 Å². The maximum atomic E-state index is 14.8. The second kappa shape index (κ2) is 18.8. The monoisotopic (exact) mass is 940 g/mol. The van der Waals surface area contributed by atoms with E-state index in [-0.39, 0.29) is 28.6 Å². The number of thiazole rings is 1. The second-order valence-corrected chi connectivity index (χ2v) is 18.8. The Morgan fingerprint density at radius 1 is 0.794 bits per heavy atom. The zero-order chi connectivity index (χ0) is 46.8. The van der Waals surface area contributed by atoms with Gasteiger partial charge in [0.1, 0.15) is 35.5 Å². The number of benzene rings is 6. The lowest BCUT2D eigenvalue weighted by atomic mass is 9.77. The van der Waals surface area contributed by atoms with Crippen molar-refractivity contribution in [3.05, 3.63) is 231 Å². The molecule has 0 bridgehead atoms. The Bertz CT molecular complexity index is 2940. The lowest BCUT2D eigenvalue weighted by Gasteiger charge is -2.50. The Morgan fingerprint density at radius 2 is 1.34 bits per heavy atom. The van der Waals surface area contributed by atoms with E-state index < -0.39 is 51.6 Å². The van der Waals surface area contributed by atoms with Gasteiger partial charge in [-0.2, -0.15) is 0 Å². The molecule has 0 saturated carbocycles. The average molecular weight is 941 g/mol. The van der Waals surface area contributed by atoms with Crippen molar-refractivity contribution < 1.29 is 33.3 Å². The number of aromatic hydroxyl groups is 1. The first-order valence-corrected chi connectivity index (χ1v) is 24.1. The van der Waals surface area contributed by atoms with Gasteiger partial charge in [0.15, 0.2) is 22.6 Å². The SMILES string of the molecule is CO/N=C(/C(=O)NC1C(=O)N2C(C(=O)OC(c3ccccc3)c3ccccc3)=C(N3Cc4ccc(O)cc4C3)CS(=O)[C@H]12)c1csc(NC(c2ccccc2)(c2ccccc2)c2ccccc2)n1. The number of esters is 1. The van der Waals surface area contributed by atoms with E-state index in [1.54, 1.807) is 23.6 Å². The molecule has 1 aromatic heterocycles. The van der Waals surface area contributed by atoms with Crippen molar-refractivity contribution in [1.82, 2.24) is 20.1 Å². The van der Waals surface area contributed by atoms with Crippen LogP contribution in [0.4, 0.5) is 5.13 Å². The van der Waals surface area contributed by atoms with Gasteiger partial charge in [-0.15, -0.1) is 11.3 Å². The normalized spacial score (nSPS) is 17.8. The predicted molar refractivity (Wildman–Crippen MR) is 259 cm³/mol. The van der Waals surface area contributed by atoms with Gasteiger partial charge in [0.2, 0.25) is 0 Å². The number of rotatable bonds is 14. The quantitative estimate of drug-likeness (QED) is 0.0326. The van der Waals surface area contributed by atoms with Crippen molar-refractivity contribution in [2.45, 2.75) is 36.1 Å². The van der Waals surface area contributed by atoms with Crippen LogP contribution in [0.5, 0.6) is 5.75 Å². The molecule has 3 N–H and O–H groups in total. The highest BCUT2D eigenvalue weighted by Gasteiger charge is 2.58.